The maximum Gasteiger partial charge on any atom is 0.193 e. The molecule has 0 saturated heterocycles. The van der Waals surface area contributed by atoms with E-state index < -0.39 is 8.07 Å². The lowest BCUT2D eigenvalue weighted by atomic mass is 10.0. The van der Waals surface area contributed by atoms with E-state index in [4.69, 9.17) is 15.6 Å². The molecule has 0 amide bonds. The quantitative estimate of drug-likeness (QED) is 0.134. The van der Waals surface area contributed by atoms with Crippen molar-refractivity contribution in [1.82, 2.24) is 9.78 Å². The summed E-state index contributed by atoms with van der Waals surface area (Å²) in [6.45, 7) is 8.13. The van der Waals surface area contributed by atoms with Crippen molar-refractivity contribution < 1.29 is 9.53 Å². The van der Waals surface area contributed by atoms with E-state index in [1.807, 2.05) is 28.9 Å². The van der Waals surface area contributed by atoms with Gasteiger partial charge in [0.15, 0.2) is 5.78 Å². The van der Waals surface area contributed by atoms with Gasteiger partial charge in [0.1, 0.15) is 6.73 Å². The first-order valence-electron chi connectivity index (χ1n) is 11.8. The highest BCUT2D eigenvalue weighted by atomic mass is 28.3. The second-order valence-electron chi connectivity index (χ2n) is 9.97. The van der Waals surface area contributed by atoms with E-state index in [1.54, 1.807) is 24.3 Å². The molecule has 2 N–H and O–H groups in total. The van der Waals surface area contributed by atoms with Gasteiger partial charge in [0.2, 0.25) is 0 Å². The van der Waals surface area contributed by atoms with Crippen LogP contribution in [-0.4, -0.2) is 30.2 Å². The molecule has 6 heteroatoms. The van der Waals surface area contributed by atoms with Gasteiger partial charge in [-0.25, -0.2) is 4.68 Å². The number of carbonyl (C=O) groups is 1. The SMILES string of the molecule is C[Si](C)(C)CCOCn1nc(CCc2ccccc2)c2ccc(C(=O)c3cccc(N)c3)cc21. The van der Waals surface area contributed by atoms with Gasteiger partial charge in [0.05, 0.1) is 11.2 Å². The zero-order chi connectivity index (χ0) is 24.1. The average molecular weight is 472 g/mol. The number of aromatic nitrogens is 2. The lowest BCUT2D eigenvalue weighted by molar-refractivity contribution is 0.0813. The van der Waals surface area contributed by atoms with Crippen molar-refractivity contribution in [3.63, 3.8) is 0 Å². The topological polar surface area (TPSA) is 70.1 Å². The second-order valence-corrected chi connectivity index (χ2v) is 15.6. The summed E-state index contributed by atoms with van der Waals surface area (Å²) in [5.41, 5.74) is 10.9. The fraction of sp³-hybridized carbons (Fsp3) is 0.286. The molecule has 3 aromatic carbocycles. The zero-order valence-corrected chi connectivity index (χ0v) is 21.3. The van der Waals surface area contributed by atoms with Crippen molar-refractivity contribution >= 4 is 30.4 Å². The van der Waals surface area contributed by atoms with Crippen LogP contribution in [0.15, 0.2) is 72.8 Å². The second kappa shape index (κ2) is 10.4. The number of ether oxygens (including phenoxy) is 1. The number of ketones is 1. The predicted molar refractivity (Wildman–Crippen MR) is 142 cm³/mol. The minimum atomic E-state index is -1.17. The lowest BCUT2D eigenvalue weighted by Crippen LogP contribution is -2.22. The first-order chi connectivity index (χ1) is 16.3. The minimum absolute atomic E-state index is 0.0487. The number of aryl methyl sites for hydroxylation is 2. The van der Waals surface area contributed by atoms with Gasteiger partial charge in [-0.1, -0.05) is 74.2 Å². The van der Waals surface area contributed by atoms with E-state index >= 15 is 0 Å². The smallest absolute Gasteiger partial charge is 0.193 e. The molecule has 0 saturated carbocycles. The van der Waals surface area contributed by atoms with Gasteiger partial charge in [0.25, 0.3) is 0 Å². The van der Waals surface area contributed by atoms with Crippen LogP contribution in [-0.2, 0) is 24.3 Å². The van der Waals surface area contributed by atoms with Crippen molar-refractivity contribution in [1.29, 1.82) is 0 Å². The van der Waals surface area contributed by atoms with Crippen LogP contribution < -0.4 is 5.73 Å². The van der Waals surface area contributed by atoms with Gasteiger partial charge >= 0.3 is 0 Å². The third-order valence-corrected chi connectivity index (χ3v) is 7.65. The molecule has 0 unspecified atom stereocenters. The van der Waals surface area contributed by atoms with Gasteiger partial charge in [-0.15, -0.1) is 0 Å². The molecule has 1 heterocycles. The van der Waals surface area contributed by atoms with Gasteiger partial charge in [0, 0.05) is 36.9 Å². The van der Waals surface area contributed by atoms with E-state index in [0.29, 0.717) is 23.5 Å². The fourth-order valence-electron chi connectivity index (χ4n) is 3.95. The lowest BCUT2D eigenvalue weighted by Gasteiger charge is -2.15. The molecule has 0 aliphatic heterocycles. The first kappa shape index (κ1) is 23.9. The van der Waals surface area contributed by atoms with Gasteiger partial charge in [-0.05, 0) is 42.6 Å². The van der Waals surface area contributed by atoms with Crippen molar-refractivity contribution in [2.75, 3.05) is 12.3 Å². The number of nitrogens with zero attached hydrogens (tertiary/aromatic N) is 2. The van der Waals surface area contributed by atoms with Crippen molar-refractivity contribution in [3.8, 4) is 0 Å². The standard InChI is InChI=1S/C28H33N3O2Si/c1-34(2,3)17-16-33-20-31-27-19-23(28(32)22-10-7-11-24(29)18-22)13-14-25(27)26(30-31)15-12-21-8-5-4-6-9-21/h4-11,13-14,18-19H,12,15-17,20,29H2,1-3H3. The molecule has 0 spiro atoms. The Kier molecular flexibility index (Phi) is 7.29. The molecule has 4 aromatic rings. The molecule has 0 atom stereocenters. The summed E-state index contributed by atoms with van der Waals surface area (Å²) >= 11 is 0. The Bertz CT molecular complexity index is 1280. The van der Waals surface area contributed by atoms with Crippen LogP contribution in [0.25, 0.3) is 10.9 Å². The molecule has 176 valence electrons. The number of rotatable bonds is 10. The van der Waals surface area contributed by atoms with Crippen molar-refractivity contribution in [2.45, 2.75) is 45.3 Å². The number of hydrogen-bond donors (Lipinski definition) is 1. The van der Waals surface area contributed by atoms with Crippen LogP contribution in [0.5, 0.6) is 0 Å². The number of anilines is 1. The summed E-state index contributed by atoms with van der Waals surface area (Å²) in [5, 5.41) is 5.96. The fourth-order valence-corrected chi connectivity index (χ4v) is 4.71. The summed E-state index contributed by atoms with van der Waals surface area (Å²) in [6, 6.07) is 24.5. The van der Waals surface area contributed by atoms with E-state index in [-0.39, 0.29) is 5.78 Å². The van der Waals surface area contributed by atoms with E-state index in [1.165, 1.54) is 5.56 Å². The number of hydrogen-bond acceptors (Lipinski definition) is 4. The third-order valence-electron chi connectivity index (χ3n) is 5.94. The molecule has 0 aliphatic carbocycles. The summed E-state index contributed by atoms with van der Waals surface area (Å²) in [7, 11) is -1.17. The van der Waals surface area contributed by atoms with Gasteiger partial charge < -0.3 is 10.5 Å². The molecule has 1 aromatic heterocycles. The maximum atomic E-state index is 13.1. The number of nitrogens with two attached hydrogens (primary N) is 1. The van der Waals surface area contributed by atoms with Crippen LogP contribution in [0, 0.1) is 0 Å². The van der Waals surface area contributed by atoms with Crippen LogP contribution in [0.1, 0.15) is 27.2 Å². The average Bonchev–Trinajstić information content (AvgIpc) is 3.17. The number of benzene rings is 3. The zero-order valence-electron chi connectivity index (χ0n) is 20.3. The van der Waals surface area contributed by atoms with E-state index in [0.717, 1.165) is 42.1 Å². The van der Waals surface area contributed by atoms with Crippen LogP contribution >= 0.6 is 0 Å². The Morgan fingerprint density at radius 2 is 1.71 bits per heavy atom. The van der Waals surface area contributed by atoms with E-state index in [9.17, 15) is 4.79 Å². The van der Waals surface area contributed by atoms with Crippen LogP contribution in [0.3, 0.4) is 0 Å². The predicted octanol–water partition coefficient (Wildman–Crippen LogP) is 5.95. The number of nitrogen functional groups attached to an aromatic ring is 1. The first-order valence-corrected chi connectivity index (χ1v) is 15.5. The van der Waals surface area contributed by atoms with E-state index in [2.05, 4.69) is 43.9 Å². The molecule has 0 radical (unpaired) electrons. The Morgan fingerprint density at radius 3 is 2.44 bits per heavy atom. The van der Waals surface area contributed by atoms with Gasteiger partial charge in [-0.2, -0.15) is 5.10 Å². The summed E-state index contributed by atoms with van der Waals surface area (Å²) in [6.07, 6.45) is 1.73. The van der Waals surface area contributed by atoms with Crippen LogP contribution in [0.2, 0.25) is 25.7 Å². The Morgan fingerprint density at radius 1 is 0.941 bits per heavy atom. The Hall–Kier alpha value is -3.22. The summed E-state index contributed by atoms with van der Waals surface area (Å²) in [5.74, 6) is -0.0487. The maximum absolute atomic E-state index is 13.1. The Balaban J connectivity index is 1.62. The highest BCUT2D eigenvalue weighted by Gasteiger charge is 2.16. The monoisotopic (exact) mass is 471 g/mol. The molecule has 4 rings (SSSR count). The Labute approximate surface area is 202 Å². The molecular formula is C28H33N3O2Si. The normalized spacial score (nSPS) is 11.7. The molecular weight excluding hydrogens is 438 g/mol. The van der Waals surface area contributed by atoms with Crippen LogP contribution in [0.4, 0.5) is 5.69 Å². The minimum Gasteiger partial charge on any atom is -0.399 e. The number of fused-ring (bicyclic) bond motifs is 1. The molecule has 34 heavy (non-hydrogen) atoms. The molecule has 0 aliphatic rings. The molecule has 0 bridgehead atoms. The highest BCUT2D eigenvalue weighted by Crippen LogP contribution is 2.24. The highest BCUT2D eigenvalue weighted by molar-refractivity contribution is 6.76. The third kappa shape index (κ3) is 6.01. The van der Waals surface area contributed by atoms with Crippen molar-refractivity contribution in [3.05, 3.63) is 95.2 Å². The molecule has 5 nitrogen and oxygen atoms in total. The molecule has 0 fully saturated rings. The largest absolute Gasteiger partial charge is 0.399 e. The number of carbonyl (C=O) groups excluding carboxylic acids is 1. The summed E-state index contributed by atoms with van der Waals surface area (Å²) in [4.78, 5) is 13.1. The summed E-state index contributed by atoms with van der Waals surface area (Å²) < 4.78 is 7.91. The van der Waals surface area contributed by atoms with Gasteiger partial charge in [-0.3, -0.25) is 4.79 Å². The van der Waals surface area contributed by atoms with Crippen molar-refractivity contribution in [2.24, 2.45) is 0 Å².